The number of ether oxygens (including phenoxy) is 1. The maximum Gasteiger partial charge on any atom is 0.416 e. The van der Waals surface area contributed by atoms with Crippen molar-refractivity contribution in [1.29, 1.82) is 0 Å². The van der Waals surface area contributed by atoms with Crippen LogP contribution in [0.25, 0.3) is 0 Å². The molecule has 0 saturated heterocycles. The molecule has 3 aromatic rings. The third-order valence-corrected chi connectivity index (χ3v) is 3.61. The molecular weight excluding hydrogens is 362 g/mol. The Labute approximate surface area is 152 Å². The number of carbonyl (C=O) groups is 1. The van der Waals surface area contributed by atoms with E-state index in [1.807, 2.05) is 0 Å². The molecule has 7 heteroatoms. The molecule has 0 fully saturated rings. The van der Waals surface area contributed by atoms with Crippen molar-refractivity contribution in [3.8, 4) is 11.5 Å². The number of hydrogen-bond donors (Lipinski definition) is 1. The number of halogens is 4. The first-order valence-electron chi connectivity index (χ1n) is 7.84. The predicted molar refractivity (Wildman–Crippen MR) is 92.3 cm³/mol. The number of amides is 1. The molecule has 3 aromatic carbocycles. The first kappa shape index (κ1) is 18.4. The molecule has 1 N–H and O–H groups in total. The fourth-order valence-electron chi connectivity index (χ4n) is 2.35. The molecule has 3 rings (SSSR count). The van der Waals surface area contributed by atoms with Gasteiger partial charge in [-0.15, -0.1) is 0 Å². The van der Waals surface area contributed by atoms with Crippen LogP contribution in [-0.4, -0.2) is 5.91 Å². The van der Waals surface area contributed by atoms with Crippen LogP contribution < -0.4 is 10.1 Å². The topological polar surface area (TPSA) is 38.3 Å². The molecule has 0 aliphatic carbocycles. The van der Waals surface area contributed by atoms with Gasteiger partial charge in [-0.25, -0.2) is 4.39 Å². The Hall–Kier alpha value is -3.35. The van der Waals surface area contributed by atoms with Gasteiger partial charge in [0.2, 0.25) is 0 Å². The van der Waals surface area contributed by atoms with Crippen molar-refractivity contribution >= 4 is 11.6 Å². The highest BCUT2D eigenvalue weighted by atomic mass is 19.4. The minimum absolute atomic E-state index is 0.0656. The zero-order valence-corrected chi connectivity index (χ0v) is 13.8. The Morgan fingerprint density at radius 3 is 2.33 bits per heavy atom. The second-order valence-corrected chi connectivity index (χ2v) is 5.59. The monoisotopic (exact) mass is 375 g/mol. The van der Waals surface area contributed by atoms with Gasteiger partial charge in [-0.1, -0.05) is 24.3 Å². The lowest BCUT2D eigenvalue weighted by atomic mass is 10.1. The Balaban J connectivity index is 1.89. The Kier molecular flexibility index (Phi) is 5.12. The van der Waals surface area contributed by atoms with Crippen LogP contribution >= 0.6 is 0 Å². The van der Waals surface area contributed by atoms with Gasteiger partial charge in [-0.3, -0.25) is 4.79 Å². The van der Waals surface area contributed by atoms with Crippen LogP contribution in [-0.2, 0) is 6.18 Å². The highest BCUT2D eigenvalue weighted by molar-refractivity contribution is 6.06. The van der Waals surface area contributed by atoms with E-state index in [0.29, 0.717) is 5.69 Å². The number of benzene rings is 3. The van der Waals surface area contributed by atoms with Gasteiger partial charge in [0.05, 0.1) is 11.1 Å². The number of para-hydroxylation sites is 1. The Bertz CT molecular complexity index is 956. The molecule has 0 radical (unpaired) electrons. The van der Waals surface area contributed by atoms with E-state index >= 15 is 0 Å². The summed E-state index contributed by atoms with van der Waals surface area (Å²) in [4.78, 5) is 12.5. The summed E-state index contributed by atoms with van der Waals surface area (Å²) in [5.41, 5.74) is -0.551. The van der Waals surface area contributed by atoms with Gasteiger partial charge in [-0.05, 0) is 48.5 Å². The van der Waals surface area contributed by atoms with E-state index in [0.717, 1.165) is 24.3 Å². The smallest absolute Gasteiger partial charge is 0.416 e. The zero-order chi connectivity index (χ0) is 19.4. The van der Waals surface area contributed by atoms with Crippen LogP contribution in [0.3, 0.4) is 0 Å². The Morgan fingerprint density at radius 2 is 1.63 bits per heavy atom. The third-order valence-electron chi connectivity index (χ3n) is 3.61. The minimum atomic E-state index is -4.53. The van der Waals surface area contributed by atoms with E-state index in [1.54, 1.807) is 30.3 Å². The van der Waals surface area contributed by atoms with Crippen LogP contribution in [0.2, 0.25) is 0 Å². The highest BCUT2D eigenvalue weighted by Crippen LogP contribution is 2.33. The van der Waals surface area contributed by atoms with Crippen LogP contribution in [0, 0.1) is 5.82 Å². The van der Waals surface area contributed by atoms with E-state index in [-0.39, 0.29) is 17.1 Å². The van der Waals surface area contributed by atoms with Crippen LogP contribution in [0.15, 0.2) is 72.8 Å². The first-order valence-corrected chi connectivity index (χ1v) is 7.84. The summed E-state index contributed by atoms with van der Waals surface area (Å²) in [6.07, 6.45) is -4.53. The summed E-state index contributed by atoms with van der Waals surface area (Å²) < 4.78 is 57.6. The van der Waals surface area contributed by atoms with Crippen LogP contribution in [0.4, 0.5) is 23.2 Å². The average molecular weight is 375 g/mol. The fraction of sp³-hybridized carbons (Fsp3) is 0.0500. The van der Waals surface area contributed by atoms with Crippen molar-refractivity contribution in [2.75, 3.05) is 5.32 Å². The van der Waals surface area contributed by atoms with E-state index in [2.05, 4.69) is 5.32 Å². The fourth-order valence-corrected chi connectivity index (χ4v) is 2.35. The van der Waals surface area contributed by atoms with Crippen molar-refractivity contribution in [1.82, 2.24) is 0 Å². The van der Waals surface area contributed by atoms with Crippen molar-refractivity contribution in [3.63, 3.8) is 0 Å². The largest absolute Gasteiger partial charge is 0.457 e. The average Bonchev–Trinajstić information content (AvgIpc) is 2.63. The second-order valence-electron chi connectivity index (χ2n) is 5.59. The zero-order valence-electron chi connectivity index (χ0n) is 13.8. The summed E-state index contributed by atoms with van der Waals surface area (Å²) in [7, 11) is 0. The van der Waals surface area contributed by atoms with Crippen molar-refractivity contribution in [2.45, 2.75) is 6.18 Å². The molecule has 0 bridgehead atoms. The van der Waals surface area contributed by atoms with Crippen LogP contribution in [0.1, 0.15) is 15.9 Å². The van der Waals surface area contributed by atoms with Crippen LogP contribution in [0.5, 0.6) is 11.5 Å². The number of hydrogen-bond acceptors (Lipinski definition) is 2. The van der Waals surface area contributed by atoms with Crippen molar-refractivity contribution in [3.05, 3.63) is 89.7 Å². The minimum Gasteiger partial charge on any atom is -0.457 e. The van der Waals surface area contributed by atoms with Gasteiger partial charge in [0.1, 0.15) is 17.3 Å². The number of rotatable bonds is 4. The molecule has 1 amide bonds. The molecule has 0 atom stereocenters. The molecule has 27 heavy (non-hydrogen) atoms. The second kappa shape index (κ2) is 7.49. The molecule has 0 unspecified atom stereocenters. The predicted octanol–water partition coefficient (Wildman–Crippen LogP) is 5.89. The van der Waals surface area contributed by atoms with Gasteiger partial charge in [0.15, 0.2) is 0 Å². The van der Waals surface area contributed by atoms with Crippen molar-refractivity contribution in [2.24, 2.45) is 0 Å². The number of alkyl halides is 3. The van der Waals surface area contributed by atoms with E-state index in [9.17, 15) is 22.4 Å². The summed E-state index contributed by atoms with van der Waals surface area (Å²) in [5.74, 6) is -1.51. The molecule has 138 valence electrons. The molecule has 0 spiro atoms. The van der Waals surface area contributed by atoms with Gasteiger partial charge in [-0.2, -0.15) is 13.2 Å². The van der Waals surface area contributed by atoms with Gasteiger partial charge < -0.3 is 10.1 Å². The number of carbonyl (C=O) groups excluding carboxylic acids is 1. The van der Waals surface area contributed by atoms with Gasteiger partial charge in [0, 0.05) is 5.69 Å². The Morgan fingerprint density at radius 1 is 0.889 bits per heavy atom. The molecule has 0 aromatic heterocycles. The lowest BCUT2D eigenvalue weighted by Gasteiger charge is -2.13. The highest BCUT2D eigenvalue weighted by Gasteiger charge is 2.30. The SMILES string of the molecule is O=C(Nc1ccccc1)c1cc(F)ccc1Oc1cccc(C(F)(F)F)c1. The molecule has 3 nitrogen and oxygen atoms in total. The van der Waals surface area contributed by atoms with Gasteiger partial charge >= 0.3 is 6.18 Å². The quantitative estimate of drug-likeness (QED) is 0.578. The molecular formula is C20H13F4NO2. The summed E-state index contributed by atoms with van der Waals surface area (Å²) in [6.45, 7) is 0. The van der Waals surface area contributed by atoms with E-state index in [4.69, 9.17) is 4.74 Å². The molecule has 0 saturated carbocycles. The van der Waals surface area contributed by atoms with Gasteiger partial charge in [0.25, 0.3) is 5.91 Å². The lowest BCUT2D eigenvalue weighted by Crippen LogP contribution is -2.13. The molecule has 0 aliphatic rings. The number of nitrogens with one attached hydrogen (secondary N) is 1. The first-order chi connectivity index (χ1) is 12.8. The third kappa shape index (κ3) is 4.63. The molecule has 0 aliphatic heterocycles. The maximum absolute atomic E-state index is 13.6. The van der Waals surface area contributed by atoms with E-state index in [1.165, 1.54) is 18.2 Å². The summed E-state index contributed by atoms with van der Waals surface area (Å²) in [6, 6.07) is 15.9. The van der Waals surface area contributed by atoms with Crippen molar-refractivity contribution < 1.29 is 27.1 Å². The lowest BCUT2D eigenvalue weighted by molar-refractivity contribution is -0.137. The summed E-state index contributed by atoms with van der Waals surface area (Å²) in [5, 5.41) is 2.58. The maximum atomic E-state index is 13.6. The normalized spacial score (nSPS) is 11.1. The summed E-state index contributed by atoms with van der Waals surface area (Å²) >= 11 is 0. The standard InChI is InChI=1S/C20H13F4NO2/c21-14-9-10-18(27-16-8-4-5-13(11-16)20(22,23)24)17(12-14)19(26)25-15-6-2-1-3-7-15/h1-12H,(H,25,26). The molecule has 0 heterocycles. The van der Waals surface area contributed by atoms with E-state index < -0.39 is 23.5 Å². The number of anilines is 1.